The van der Waals surface area contributed by atoms with Gasteiger partial charge in [-0.15, -0.1) is 0 Å². The minimum atomic E-state index is -2.85. The van der Waals surface area contributed by atoms with Crippen molar-refractivity contribution in [3.05, 3.63) is 23.8 Å². The van der Waals surface area contributed by atoms with E-state index in [-0.39, 0.29) is 11.9 Å². The summed E-state index contributed by atoms with van der Waals surface area (Å²) in [6.07, 6.45) is 2.15. The van der Waals surface area contributed by atoms with Crippen molar-refractivity contribution in [3.63, 3.8) is 0 Å². The molecule has 0 spiro atoms. The second kappa shape index (κ2) is 6.19. The van der Waals surface area contributed by atoms with Crippen molar-refractivity contribution in [2.45, 2.75) is 32.5 Å². The Morgan fingerprint density at radius 2 is 2.00 bits per heavy atom. The van der Waals surface area contributed by atoms with Gasteiger partial charge in [-0.3, -0.25) is 0 Å². The van der Waals surface area contributed by atoms with Crippen LogP contribution in [0.25, 0.3) is 0 Å². The van der Waals surface area contributed by atoms with Crippen LogP contribution in [0.15, 0.2) is 18.2 Å². The summed E-state index contributed by atoms with van der Waals surface area (Å²) in [4.78, 5) is 0. The highest BCUT2D eigenvalue weighted by molar-refractivity contribution is 5.43. The van der Waals surface area contributed by atoms with Crippen molar-refractivity contribution < 1.29 is 23.0 Å². The van der Waals surface area contributed by atoms with Crippen LogP contribution in [0.2, 0.25) is 0 Å². The first-order chi connectivity index (χ1) is 9.10. The van der Waals surface area contributed by atoms with Crippen LogP contribution in [0.1, 0.15) is 31.4 Å². The van der Waals surface area contributed by atoms with Crippen LogP contribution in [0.3, 0.4) is 0 Å². The molecule has 0 bridgehead atoms. The summed E-state index contributed by atoms with van der Waals surface area (Å²) in [5, 5.41) is 0. The summed E-state index contributed by atoms with van der Waals surface area (Å²) >= 11 is 0. The van der Waals surface area contributed by atoms with Crippen molar-refractivity contribution in [1.82, 2.24) is 0 Å². The van der Waals surface area contributed by atoms with E-state index in [0.717, 1.165) is 18.4 Å². The van der Waals surface area contributed by atoms with E-state index in [1.54, 1.807) is 19.2 Å². The molecule has 1 fully saturated rings. The van der Waals surface area contributed by atoms with Crippen LogP contribution in [-0.4, -0.2) is 20.3 Å². The molecule has 19 heavy (non-hydrogen) atoms. The number of rotatable bonds is 7. The van der Waals surface area contributed by atoms with Crippen molar-refractivity contribution in [2.75, 3.05) is 13.7 Å². The molecule has 0 aliphatic heterocycles. The Bertz CT molecular complexity index is 419. The predicted molar refractivity (Wildman–Crippen MR) is 66.7 cm³/mol. The summed E-state index contributed by atoms with van der Waals surface area (Å²) in [6, 6.07) is 4.91. The maximum Gasteiger partial charge on any atom is 0.387 e. The van der Waals surface area contributed by atoms with Crippen molar-refractivity contribution in [1.29, 1.82) is 0 Å². The number of methoxy groups -OCH3 is 1. The molecule has 2 rings (SSSR count). The lowest BCUT2D eigenvalue weighted by Gasteiger charge is -2.16. The first-order valence-electron chi connectivity index (χ1n) is 6.34. The fourth-order valence-electron chi connectivity index (χ4n) is 1.71. The molecule has 0 N–H and O–H groups in total. The Balaban J connectivity index is 2.15. The summed E-state index contributed by atoms with van der Waals surface area (Å²) in [5.41, 5.74) is 0.870. The topological polar surface area (TPSA) is 27.7 Å². The van der Waals surface area contributed by atoms with Gasteiger partial charge in [0.05, 0.1) is 12.7 Å². The standard InChI is InChI=1S/C14H18F2O3/c1-9(17-2)11-5-6-12(19-14(15)16)13(7-11)18-8-10-3-4-10/h5-7,9-10,14H,3-4,8H2,1-2H3. The molecule has 3 nitrogen and oxygen atoms in total. The molecular formula is C14H18F2O3. The third-order valence-corrected chi connectivity index (χ3v) is 3.18. The molecule has 5 heteroatoms. The van der Waals surface area contributed by atoms with Crippen molar-refractivity contribution in [3.8, 4) is 11.5 Å². The second-order valence-electron chi connectivity index (χ2n) is 4.72. The zero-order chi connectivity index (χ0) is 13.8. The monoisotopic (exact) mass is 272 g/mol. The lowest BCUT2D eigenvalue weighted by atomic mass is 10.1. The average molecular weight is 272 g/mol. The fraction of sp³-hybridized carbons (Fsp3) is 0.571. The molecule has 1 aromatic rings. The molecule has 1 aliphatic rings. The van der Waals surface area contributed by atoms with E-state index in [0.29, 0.717) is 18.3 Å². The third kappa shape index (κ3) is 4.06. The van der Waals surface area contributed by atoms with E-state index in [2.05, 4.69) is 4.74 Å². The van der Waals surface area contributed by atoms with E-state index >= 15 is 0 Å². The van der Waals surface area contributed by atoms with Crippen LogP contribution in [0.5, 0.6) is 11.5 Å². The lowest BCUT2D eigenvalue weighted by molar-refractivity contribution is -0.0515. The van der Waals surface area contributed by atoms with Gasteiger partial charge in [0.1, 0.15) is 0 Å². The van der Waals surface area contributed by atoms with Gasteiger partial charge in [0, 0.05) is 7.11 Å². The quantitative estimate of drug-likeness (QED) is 0.756. The normalized spacial score (nSPS) is 16.5. The van der Waals surface area contributed by atoms with Crippen LogP contribution in [0, 0.1) is 5.92 Å². The number of halogens is 2. The van der Waals surface area contributed by atoms with Crippen LogP contribution in [0.4, 0.5) is 8.78 Å². The SMILES string of the molecule is COC(C)c1ccc(OC(F)F)c(OCC2CC2)c1. The van der Waals surface area contributed by atoms with Crippen LogP contribution < -0.4 is 9.47 Å². The molecule has 1 unspecified atom stereocenters. The molecule has 106 valence electrons. The smallest absolute Gasteiger partial charge is 0.387 e. The Morgan fingerprint density at radius 1 is 1.26 bits per heavy atom. The number of hydrogen-bond donors (Lipinski definition) is 0. The molecular weight excluding hydrogens is 254 g/mol. The summed E-state index contributed by atoms with van der Waals surface area (Å²) in [7, 11) is 1.60. The highest BCUT2D eigenvalue weighted by Crippen LogP contribution is 2.35. The highest BCUT2D eigenvalue weighted by atomic mass is 19.3. The Morgan fingerprint density at radius 3 is 2.58 bits per heavy atom. The van der Waals surface area contributed by atoms with Crippen molar-refractivity contribution in [2.24, 2.45) is 5.92 Å². The number of benzene rings is 1. The second-order valence-corrected chi connectivity index (χ2v) is 4.72. The minimum Gasteiger partial charge on any atom is -0.489 e. The van der Waals surface area contributed by atoms with Crippen LogP contribution >= 0.6 is 0 Å². The highest BCUT2D eigenvalue weighted by Gasteiger charge is 2.23. The summed E-state index contributed by atoms with van der Waals surface area (Å²) < 4.78 is 39.9. The predicted octanol–water partition coefficient (Wildman–Crippen LogP) is 3.78. The Hall–Kier alpha value is -1.36. The number of alkyl halides is 2. The average Bonchev–Trinajstić information content (AvgIpc) is 3.20. The third-order valence-electron chi connectivity index (χ3n) is 3.18. The zero-order valence-electron chi connectivity index (χ0n) is 11.1. The molecule has 0 amide bonds. The van der Waals surface area contributed by atoms with Gasteiger partial charge in [0.2, 0.25) is 0 Å². The largest absolute Gasteiger partial charge is 0.489 e. The van der Waals surface area contributed by atoms with E-state index in [9.17, 15) is 8.78 Å². The summed E-state index contributed by atoms with van der Waals surface area (Å²) in [5.74, 6) is 0.971. The van der Waals surface area contributed by atoms with E-state index in [1.807, 2.05) is 6.92 Å². The van der Waals surface area contributed by atoms with Gasteiger partial charge < -0.3 is 14.2 Å². The Labute approximate surface area is 111 Å². The lowest BCUT2D eigenvalue weighted by Crippen LogP contribution is -2.07. The van der Waals surface area contributed by atoms with Gasteiger partial charge in [-0.2, -0.15) is 8.78 Å². The fourth-order valence-corrected chi connectivity index (χ4v) is 1.71. The van der Waals surface area contributed by atoms with Gasteiger partial charge in [-0.1, -0.05) is 6.07 Å². The number of hydrogen-bond acceptors (Lipinski definition) is 3. The van der Waals surface area contributed by atoms with Crippen LogP contribution in [-0.2, 0) is 4.74 Å². The Kier molecular flexibility index (Phi) is 4.58. The number of ether oxygens (including phenoxy) is 3. The van der Waals surface area contributed by atoms with Gasteiger partial charge in [0.15, 0.2) is 11.5 Å². The first kappa shape index (κ1) is 14.1. The minimum absolute atomic E-state index is 0.0719. The van der Waals surface area contributed by atoms with Gasteiger partial charge in [-0.05, 0) is 43.4 Å². The van der Waals surface area contributed by atoms with E-state index < -0.39 is 6.61 Å². The molecule has 1 atom stereocenters. The summed E-state index contributed by atoms with van der Waals surface area (Å²) in [6.45, 7) is -0.424. The molecule has 1 saturated carbocycles. The molecule has 0 radical (unpaired) electrons. The van der Waals surface area contributed by atoms with Gasteiger partial charge >= 0.3 is 6.61 Å². The maximum atomic E-state index is 12.3. The molecule has 0 saturated heterocycles. The van der Waals surface area contributed by atoms with Gasteiger partial charge in [0.25, 0.3) is 0 Å². The molecule has 0 heterocycles. The zero-order valence-corrected chi connectivity index (χ0v) is 11.1. The molecule has 1 aliphatic carbocycles. The van der Waals surface area contributed by atoms with Crippen molar-refractivity contribution >= 4 is 0 Å². The van der Waals surface area contributed by atoms with Gasteiger partial charge in [-0.25, -0.2) is 0 Å². The molecule has 1 aromatic carbocycles. The van der Waals surface area contributed by atoms with E-state index in [1.165, 1.54) is 6.07 Å². The maximum absolute atomic E-state index is 12.3. The first-order valence-corrected chi connectivity index (χ1v) is 6.34. The molecule has 0 aromatic heterocycles. The van der Waals surface area contributed by atoms with E-state index in [4.69, 9.17) is 9.47 Å².